The molecule has 0 bridgehead atoms. The first-order valence-electron chi connectivity index (χ1n) is 13.5. The number of aromatic nitrogens is 4. The van der Waals surface area contributed by atoms with Crippen LogP contribution in [0.15, 0.2) is 85.2 Å². The minimum Gasteiger partial charge on any atom is -0.493 e. The highest BCUT2D eigenvalue weighted by Gasteiger charge is 2.31. The monoisotopic (exact) mass is 573 g/mol. The number of anilines is 1. The van der Waals surface area contributed by atoms with Gasteiger partial charge in [-0.3, -0.25) is 0 Å². The Morgan fingerprint density at radius 3 is 2.17 bits per heavy atom. The average Bonchev–Trinajstić information content (AvgIpc) is 3.45. The molecule has 3 aromatic rings. The fourth-order valence-corrected chi connectivity index (χ4v) is 4.39. The molecule has 9 heteroatoms. The van der Waals surface area contributed by atoms with Gasteiger partial charge in [0.15, 0.2) is 34.7 Å². The molecule has 1 N–H and O–H groups in total. The van der Waals surface area contributed by atoms with E-state index in [-0.39, 0.29) is 12.4 Å². The van der Waals surface area contributed by atoms with Crippen molar-refractivity contribution in [2.24, 2.45) is 0 Å². The maximum atomic E-state index is 6.29. The first-order chi connectivity index (χ1) is 19.5. The summed E-state index contributed by atoms with van der Waals surface area (Å²) in [6.07, 6.45) is 1.80. The van der Waals surface area contributed by atoms with E-state index in [1.807, 2.05) is 104 Å². The lowest BCUT2D eigenvalue weighted by atomic mass is 10.1. The second kappa shape index (κ2) is 13.5. The summed E-state index contributed by atoms with van der Waals surface area (Å²) in [7, 11) is 1.65. The van der Waals surface area contributed by atoms with Crippen LogP contribution in [0.3, 0.4) is 0 Å². The van der Waals surface area contributed by atoms with Crippen LogP contribution in [0, 0.1) is 0 Å². The average molecular weight is 574 g/mol. The number of hydrogen-bond donors (Lipinski definition) is 1. The van der Waals surface area contributed by atoms with E-state index in [2.05, 4.69) is 10.3 Å². The van der Waals surface area contributed by atoms with Crippen LogP contribution in [0.4, 0.5) is 5.82 Å². The molecule has 5 rings (SSSR count). The molecule has 0 radical (unpaired) electrons. The molecule has 0 amide bonds. The van der Waals surface area contributed by atoms with E-state index in [0.29, 0.717) is 48.6 Å². The van der Waals surface area contributed by atoms with Gasteiger partial charge < -0.3 is 24.1 Å². The summed E-state index contributed by atoms with van der Waals surface area (Å²) >= 11 is 0. The molecule has 0 fully saturated rings. The molecular weight excluding hydrogens is 538 g/mol. The lowest BCUT2D eigenvalue weighted by Gasteiger charge is -2.22. The number of halogens is 1. The molecule has 214 valence electrons. The van der Waals surface area contributed by atoms with Gasteiger partial charge in [-0.25, -0.2) is 15.0 Å². The summed E-state index contributed by atoms with van der Waals surface area (Å²) in [5.41, 5.74) is 3.23. The molecule has 0 unspecified atom stereocenters. The predicted octanol–water partition coefficient (Wildman–Crippen LogP) is 6.72. The van der Waals surface area contributed by atoms with Gasteiger partial charge in [0.2, 0.25) is 0 Å². The third-order valence-corrected chi connectivity index (χ3v) is 6.61. The molecule has 0 aliphatic carbocycles. The smallest absolute Gasteiger partial charge is 0.166 e. The molecule has 2 aliphatic rings. The Morgan fingerprint density at radius 2 is 1.51 bits per heavy atom. The zero-order valence-electron chi connectivity index (χ0n) is 23.8. The van der Waals surface area contributed by atoms with Gasteiger partial charge >= 0.3 is 0 Å². The number of rotatable bonds is 12. The predicted molar refractivity (Wildman–Crippen MR) is 163 cm³/mol. The molecule has 41 heavy (non-hydrogen) atoms. The fourth-order valence-electron chi connectivity index (χ4n) is 4.39. The zero-order valence-corrected chi connectivity index (χ0v) is 24.6. The van der Waals surface area contributed by atoms with Crippen LogP contribution in [0.5, 0.6) is 11.5 Å². The minimum atomic E-state index is -0.700. The highest BCUT2D eigenvalue weighted by Crippen LogP contribution is 2.33. The highest BCUT2D eigenvalue weighted by molar-refractivity contribution is 5.85. The van der Waals surface area contributed by atoms with E-state index in [9.17, 15) is 0 Å². The molecular formula is C32H36ClN5O3. The highest BCUT2D eigenvalue weighted by atomic mass is 35.5. The molecule has 0 aromatic heterocycles. The summed E-state index contributed by atoms with van der Waals surface area (Å²) in [6.45, 7) is 8.20. The van der Waals surface area contributed by atoms with Gasteiger partial charge in [0.1, 0.15) is 12.2 Å². The number of nitrogens with zero attached hydrogens (tertiary/aromatic N) is 4. The lowest BCUT2D eigenvalue weighted by Crippen LogP contribution is -2.23. The van der Waals surface area contributed by atoms with Gasteiger partial charge in [-0.1, -0.05) is 66.7 Å². The molecule has 8 nitrogen and oxygen atoms in total. The van der Waals surface area contributed by atoms with Gasteiger partial charge in [0.25, 0.3) is 0 Å². The minimum absolute atomic E-state index is 0. The Hall–Kier alpha value is -4.14. The molecule has 0 spiro atoms. The number of fused-ring (bicyclic) bond motifs is 1. The topological polar surface area (TPSA) is 83.3 Å². The normalized spacial score (nSPS) is 11.2. The van der Waals surface area contributed by atoms with Crippen molar-refractivity contribution in [3.8, 4) is 23.0 Å². The fraction of sp³-hybridized carbons (Fsp3) is 0.281. The van der Waals surface area contributed by atoms with Crippen molar-refractivity contribution in [1.82, 2.24) is 19.5 Å². The Morgan fingerprint density at radius 1 is 0.829 bits per heavy atom. The molecule has 3 aromatic carbocycles. The van der Waals surface area contributed by atoms with Crippen molar-refractivity contribution >= 4 is 18.2 Å². The second-order valence-electron chi connectivity index (χ2n) is 10.0. The summed E-state index contributed by atoms with van der Waals surface area (Å²) in [5.74, 6) is 3.42. The quantitative estimate of drug-likeness (QED) is 0.177. The van der Waals surface area contributed by atoms with Crippen LogP contribution < -0.4 is 14.8 Å². The number of hydrogen-bond acceptors (Lipinski definition) is 7. The van der Waals surface area contributed by atoms with Crippen molar-refractivity contribution < 1.29 is 14.2 Å². The van der Waals surface area contributed by atoms with Crippen LogP contribution >= 0.6 is 12.4 Å². The van der Waals surface area contributed by atoms with E-state index < -0.39 is 5.60 Å². The van der Waals surface area contributed by atoms with E-state index in [0.717, 1.165) is 29.1 Å². The molecule has 2 aliphatic heterocycles. The maximum Gasteiger partial charge on any atom is 0.166 e. The number of ether oxygens (including phenoxy) is 3. The van der Waals surface area contributed by atoms with Crippen LogP contribution in [0.25, 0.3) is 11.5 Å². The van der Waals surface area contributed by atoms with E-state index in [1.165, 1.54) is 0 Å². The van der Waals surface area contributed by atoms with Crippen molar-refractivity contribution in [3.63, 3.8) is 0 Å². The Balaban J connectivity index is 0.00000387. The molecule has 0 saturated heterocycles. The van der Waals surface area contributed by atoms with Crippen molar-refractivity contribution in [1.29, 1.82) is 0 Å². The number of methoxy groups -OCH3 is 1. The Bertz CT molecular complexity index is 1510. The van der Waals surface area contributed by atoms with Crippen molar-refractivity contribution in [3.05, 3.63) is 108 Å². The third-order valence-electron chi connectivity index (χ3n) is 6.61. The lowest BCUT2D eigenvalue weighted by molar-refractivity contribution is -0.0393. The van der Waals surface area contributed by atoms with Crippen LogP contribution in [-0.2, 0) is 30.1 Å². The standard InChI is InChI=1S/C32H35N5O3.ClH/c1-5-33-29-28-30(36-31(35-28)32(2,3)40-21-24-14-10-7-11-15-24)37(22-34-29)19-25-16-17-26(38-4)27(18-25)39-20-23-12-8-6-9-13-23;/h6-18,22,33H,5,19-21H2,1-4H3;1H. The molecule has 2 heterocycles. The van der Waals surface area contributed by atoms with Gasteiger partial charge in [-0.15, -0.1) is 12.4 Å². The second-order valence-corrected chi connectivity index (χ2v) is 10.0. The van der Waals surface area contributed by atoms with Crippen molar-refractivity contribution in [2.75, 3.05) is 19.0 Å². The van der Waals surface area contributed by atoms with E-state index in [1.54, 1.807) is 13.4 Å². The first-order valence-corrected chi connectivity index (χ1v) is 13.5. The van der Waals surface area contributed by atoms with Crippen LogP contribution in [-0.4, -0.2) is 33.2 Å². The number of imidazole rings is 1. The Kier molecular flexibility index (Phi) is 9.81. The maximum absolute atomic E-state index is 6.29. The van der Waals surface area contributed by atoms with Crippen LogP contribution in [0.2, 0.25) is 0 Å². The molecule has 0 atom stereocenters. The number of nitrogens with one attached hydrogen (secondary N) is 1. The summed E-state index contributed by atoms with van der Waals surface area (Å²) < 4.78 is 20.0. The van der Waals surface area contributed by atoms with E-state index in [4.69, 9.17) is 24.2 Å². The summed E-state index contributed by atoms with van der Waals surface area (Å²) in [5, 5.41) is 3.32. The molecule has 0 saturated carbocycles. The van der Waals surface area contributed by atoms with E-state index >= 15 is 0 Å². The van der Waals surface area contributed by atoms with Crippen molar-refractivity contribution in [2.45, 2.75) is 46.1 Å². The van der Waals surface area contributed by atoms with Crippen LogP contribution in [0.1, 0.15) is 43.3 Å². The summed E-state index contributed by atoms with van der Waals surface area (Å²) in [4.78, 5) is 14.5. The SMILES string of the molecule is CCNc1ncn(Cc2ccc(OC)c(OCc3ccccc3)c2)c2nc(C(C)(C)OCc3ccccc3)nc1-2.Cl. The largest absolute Gasteiger partial charge is 0.493 e. The zero-order chi connectivity index (χ0) is 28.0. The van der Waals surface area contributed by atoms with Gasteiger partial charge in [-0.2, -0.15) is 0 Å². The van der Waals surface area contributed by atoms with Gasteiger partial charge in [-0.05, 0) is 49.6 Å². The van der Waals surface area contributed by atoms with Gasteiger partial charge in [0, 0.05) is 6.54 Å². The third kappa shape index (κ3) is 7.14. The summed E-state index contributed by atoms with van der Waals surface area (Å²) in [6, 6.07) is 26.1. The van der Waals surface area contributed by atoms with Gasteiger partial charge in [0.05, 0.1) is 26.6 Å². The number of benzene rings is 3. The first kappa shape index (κ1) is 29.8. The Labute approximate surface area is 247 Å².